The first kappa shape index (κ1) is 27.9. The Bertz CT molecular complexity index is 2580. The molecule has 49 heavy (non-hydrogen) atoms. The van der Waals surface area contributed by atoms with Gasteiger partial charge < -0.3 is 9.30 Å². The van der Waals surface area contributed by atoms with Gasteiger partial charge in [-0.2, -0.15) is 0 Å². The third kappa shape index (κ3) is 4.12. The minimum Gasteiger partial charge on any atom is -0.483 e. The molecular formula is C44H31N3OSi. The van der Waals surface area contributed by atoms with Crippen LogP contribution in [0.1, 0.15) is 5.82 Å². The number of ether oxygens (including phenoxy) is 1. The van der Waals surface area contributed by atoms with E-state index in [9.17, 15) is 0 Å². The van der Waals surface area contributed by atoms with Gasteiger partial charge in [0.1, 0.15) is 12.4 Å². The molecule has 5 heteroatoms. The van der Waals surface area contributed by atoms with Crippen LogP contribution in [0.2, 0.25) is 0 Å². The van der Waals surface area contributed by atoms with Gasteiger partial charge in [0.15, 0.2) is 13.9 Å². The molecule has 0 aliphatic carbocycles. The quantitative estimate of drug-likeness (QED) is 0.144. The van der Waals surface area contributed by atoms with Gasteiger partial charge in [0.25, 0.3) is 0 Å². The van der Waals surface area contributed by atoms with Crippen molar-refractivity contribution in [2.24, 2.45) is 0 Å². The molecule has 0 saturated heterocycles. The fraction of sp³-hybridized carbons (Fsp3) is 0.0227. The second-order valence-corrected chi connectivity index (χ2v) is 16.5. The van der Waals surface area contributed by atoms with E-state index in [1.807, 2.05) is 12.1 Å². The number of hydrogen-bond acceptors (Lipinski definition) is 2. The highest BCUT2D eigenvalue weighted by atomic mass is 28.3. The van der Waals surface area contributed by atoms with Gasteiger partial charge in [0, 0.05) is 16.5 Å². The summed E-state index contributed by atoms with van der Waals surface area (Å²) in [5.41, 5.74) is 6.69. The Morgan fingerprint density at radius 1 is 0.469 bits per heavy atom. The number of hydrogen-bond donors (Lipinski definition) is 0. The lowest BCUT2D eigenvalue weighted by Crippen LogP contribution is -2.74. The number of imidazole rings is 1. The van der Waals surface area contributed by atoms with Gasteiger partial charge in [-0.05, 0) is 69.3 Å². The predicted octanol–water partition coefficient (Wildman–Crippen LogP) is 7.39. The van der Waals surface area contributed by atoms with Crippen molar-refractivity contribution in [2.45, 2.75) is 6.61 Å². The molecule has 0 radical (unpaired) electrons. The number of nitrogens with zero attached hydrogens (tertiary/aromatic N) is 3. The molecule has 0 spiro atoms. The number of fused-ring (bicyclic) bond motifs is 8. The summed E-state index contributed by atoms with van der Waals surface area (Å²) in [5.74, 6) is 1.81. The SMILES string of the molecule is c1ccc([Si](c2ccccc2)(c2cccc(-n3c4ccccc4c4ccccc43)c2)c2ccc3c(c2)nc2n3-c3ccccc3OC2)cc1. The molecule has 7 aromatic carbocycles. The average Bonchev–Trinajstić information content (AvgIpc) is 3.72. The smallest absolute Gasteiger partial charge is 0.179 e. The second kappa shape index (κ2) is 10.9. The van der Waals surface area contributed by atoms with Gasteiger partial charge in [-0.25, -0.2) is 4.98 Å². The Morgan fingerprint density at radius 2 is 1.06 bits per heavy atom. The molecule has 2 aromatic heterocycles. The summed E-state index contributed by atoms with van der Waals surface area (Å²) in [6, 6.07) is 64.2. The standard InChI is InChI=1S/C44H31N3OSi/c1-3-15-32(16-4-1)49(33-17-5-2-6-18-33,35-26-27-41-38(29-35)45-44-30-48-43-25-12-11-24-42(43)47(41)44)34-19-13-14-31(28-34)46-39-22-9-7-20-36(39)37-21-8-10-23-40(37)46/h1-29H,30H2. The lowest BCUT2D eigenvalue weighted by atomic mass is 10.2. The Balaban J connectivity index is 1.27. The van der Waals surface area contributed by atoms with Crippen LogP contribution in [0, 0.1) is 0 Å². The van der Waals surface area contributed by atoms with E-state index in [1.165, 1.54) is 42.6 Å². The van der Waals surface area contributed by atoms with Crippen LogP contribution in [0.25, 0.3) is 44.2 Å². The zero-order valence-corrected chi connectivity index (χ0v) is 27.7. The van der Waals surface area contributed by atoms with Crippen molar-refractivity contribution in [3.05, 3.63) is 182 Å². The number of para-hydroxylation sites is 4. The lowest BCUT2D eigenvalue weighted by molar-refractivity contribution is 0.280. The third-order valence-electron chi connectivity index (χ3n) is 10.2. The highest BCUT2D eigenvalue weighted by Gasteiger charge is 2.42. The molecule has 0 N–H and O–H groups in total. The van der Waals surface area contributed by atoms with Crippen LogP contribution in [0.3, 0.4) is 0 Å². The maximum atomic E-state index is 6.12. The molecule has 0 fully saturated rings. The minimum atomic E-state index is -2.87. The van der Waals surface area contributed by atoms with E-state index in [1.54, 1.807) is 0 Å². The highest BCUT2D eigenvalue weighted by molar-refractivity contribution is 7.20. The van der Waals surface area contributed by atoms with Crippen molar-refractivity contribution in [1.29, 1.82) is 0 Å². The summed E-state index contributed by atoms with van der Waals surface area (Å²) in [7, 11) is -2.87. The van der Waals surface area contributed by atoms with Crippen molar-refractivity contribution in [3.8, 4) is 17.1 Å². The van der Waals surface area contributed by atoms with Crippen molar-refractivity contribution in [3.63, 3.8) is 0 Å². The van der Waals surface area contributed by atoms with Crippen LogP contribution >= 0.6 is 0 Å². The molecule has 9 aromatic rings. The van der Waals surface area contributed by atoms with E-state index in [0.717, 1.165) is 34.0 Å². The average molecular weight is 646 g/mol. The van der Waals surface area contributed by atoms with Crippen LogP contribution in [0.15, 0.2) is 176 Å². The summed E-state index contributed by atoms with van der Waals surface area (Å²) in [4.78, 5) is 5.19. The van der Waals surface area contributed by atoms with Gasteiger partial charge in [-0.3, -0.25) is 4.57 Å². The summed E-state index contributed by atoms with van der Waals surface area (Å²) in [6.07, 6.45) is 0. The van der Waals surface area contributed by atoms with E-state index in [-0.39, 0.29) is 0 Å². The third-order valence-corrected chi connectivity index (χ3v) is 14.9. The summed E-state index contributed by atoms with van der Waals surface area (Å²) in [6.45, 7) is 0.446. The van der Waals surface area contributed by atoms with Crippen molar-refractivity contribution < 1.29 is 4.74 Å². The first-order valence-corrected chi connectivity index (χ1v) is 18.7. The molecule has 3 heterocycles. The van der Waals surface area contributed by atoms with Crippen molar-refractivity contribution >= 4 is 61.7 Å². The number of aromatic nitrogens is 3. The second-order valence-electron chi connectivity index (χ2n) is 12.7. The molecule has 4 nitrogen and oxygen atoms in total. The monoisotopic (exact) mass is 645 g/mol. The van der Waals surface area contributed by atoms with Crippen molar-refractivity contribution in [1.82, 2.24) is 14.1 Å². The molecule has 232 valence electrons. The lowest BCUT2D eigenvalue weighted by Gasteiger charge is -2.34. The number of benzene rings is 7. The van der Waals surface area contributed by atoms with E-state index in [2.05, 4.69) is 173 Å². The minimum absolute atomic E-state index is 0.446. The van der Waals surface area contributed by atoms with Gasteiger partial charge in [0.05, 0.1) is 27.8 Å². The molecule has 0 bridgehead atoms. The van der Waals surface area contributed by atoms with Crippen molar-refractivity contribution in [2.75, 3.05) is 0 Å². The van der Waals surface area contributed by atoms with Gasteiger partial charge in [0.2, 0.25) is 0 Å². The van der Waals surface area contributed by atoms with Crippen LogP contribution in [-0.2, 0) is 6.61 Å². The number of rotatable bonds is 5. The fourth-order valence-electron chi connectivity index (χ4n) is 8.09. The topological polar surface area (TPSA) is 32.0 Å². The maximum absolute atomic E-state index is 6.12. The molecule has 0 amide bonds. The van der Waals surface area contributed by atoms with Gasteiger partial charge in [-0.15, -0.1) is 0 Å². The fourth-order valence-corrected chi connectivity index (χ4v) is 12.9. The van der Waals surface area contributed by atoms with E-state index >= 15 is 0 Å². The Morgan fingerprint density at radius 3 is 1.78 bits per heavy atom. The maximum Gasteiger partial charge on any atom is 0.179 e. The molecule has 0 atom stereocenters. The van der Waals surface area contributed by atoms with Crippen LogP contribution in [0.4, 0.5) is 0 Å². The Kier molecular flexibility index (Phi) is 6.23. The molecule has 0 unspecified atom stereocenters. The molecule has 10 rings (SSSR count). The van der Waals surface area contributed by atoms with Crippen LogP contribution < -0.4 is 25.5 Å². The first-order chi connectivity index (χ1) is 24.3. The molecular weight excluding hydrogens is 615 g/mol. The Labute approximate surface area is 285 Å². The Hall–Kier alpha value is -6.17. The summed E-state index contributed by atoms with van der Waals surface area (Å²) < 4.78 is 10.8. The molecule has 0 saturated carbocycles. The van der Waals surface area contributed by atoms with E-state index in [0.29, 0.717) is 6.61 Å². The zero-order valence-electron chi connectivity index (χ0n) is 26.7. The van der Waals surface area contributed by atoms with Crippen LogP contribution in [0.5, 0.6) is 5.75 Å². The van der Waals surface area contributed by atoms with E-state index < -0.39 is 8.07 Å². The van der Waals surface area contributed by atoms with Crippen LogP contribution in [-0.4, -0.2) is 22.2 Å². The normalized spacial score (nSPS) is 12.6. The first-order valence-electron chi connectivity index (χ1n) is 16.7. The molecule has 1 aliphatic heterocycles. The largest absolute Gasteiger partial charge is 0.483 e. The summed E-state index contributed by atoms with van der Waals surface area (Å²) in [5, 5.41) is 7.80. The highest BCUT2D eigenvalue weighted by Crippen LogP contribution is 2.34. The predicted molar refractivity (Wildman–Crippen MR) is 203 cm³/mol. The molecule has 1 aliphatic rings. The van der Waals surface area contributed by atoms with E-state index in [4.69, 9.17) is 9.72 Å². The zero-order chi connectivity index (χ0) is 32.4. The summed E-state index contributed by atoms with van der Waals surface area (Å²) >= 11 is 0. The van der Waals surface area contributed by atoms with Gasteiger partial charge in [-0.1, -0.05) is 127 Å². The van der Waals surface area contributed by atoms with Gasteiger partial charge >= 0.3 is 0 Å².